The molecule has 0 bridgehead atoms. The number of amides is 1. The first-order chi connectivity index (χ1) is 16.5. The first kappa shape index (κ1) is 28.5. The molecule has 35 heavy (non-hydrogen) atoms. The van der Waals surface area contributed by atoms with Crippen LogP contribution >= 0.6 is 46.4 Å². The van der Waals surface area contributed by atoms with E-state index in [1.54, 1.807) is 19.3 Å². The highest BCUT2D eigenvalue weighted by Gasteiger charge is 2.18. The lowest BCUT2D eigenvalue weighted by atomic mass is 9.97. The first-order valence-corrected chi connectivity index (χ1v) is 11.4. The van der Waals surface area contributed by atoms with Crippen LogP contribution in [0.3, 0.4) is 0 Å². The van der Waals surface area contributed by atoms with Gasteiger partial charge in [0.25, 0.3) is 5.91 Å². The molecule has 0 aromatic heterocycles. The molecule has 0 atom stereocenters. The molecule has 0 radical (unpaired) electrons. The third-order valence-electron chi connectivity index (χ3n) is 4.69. The van der Waals surface area contributed by atoms with Crippen molar-refractivity contribution in [2.75, 3.05) is 13.7 Å². The Morgan fingerprint density at radius 1 is 1.06 bits per heavy atom. The summed E-state index contributed by atoms with van der Waals surface area (Å²) in [5, 5.41) is 11.4. The lowest BCUT2D eigenvalue weighted by Crippen LogP contribution is -2.29. The number of carboxylic acids is 1. The Kier molecular flexibility index (Phi) is 10.4. The molecule has 1 amide bonds. The Morgan fingerprint density at radius 2 is 1.63 bits per heavy atom. The van der Waals surface area contributed by atoms with Gasteiger partial charge in [0.1, 0.15) is 18.1 Å². The Balaban J connectivity index is 0.000000258. The summed E-state index contributed by atoms with van der Waals surface area (Å²) < 4.78 is 18.8. The van der Waals surface area contributed by atoms with Gasteiger partial charge in [-0.15, -0.1) is 0 Å². The summed E-state index contributed by atoms with van der Waals surface area (Å²) >= 11 is 23.7. The average Bonchev–Trinajstić information content (AvgIpc) is 2.78. The second kappa shape index (κ2) is 12.8. The average molecular weight is 559 g/mol. The minimum atomic E-state index is -1.13. The van der Waals surface area contributed by atoms with Crippen molar-refractivity contribution in [1.82, 2.24) is 5.32 Å². The van der Waals surface area contributed by atoms with Gasteiger partial charge in [0.2, 0.25) is 0 Å². The van der Waals surface area contributed by atoms with E-state index in [0.717, 1.165) is 11.1 Å². The van der Waals surface area contributed by atoms with E-state index in [-0.39, 0.29) is 25.7 Å². The van der Waals surface area contributed by atoms with Crippen molar-refractivity contribution < 1.29 is 23.8 Å². The molecular weight excluding hydrogens is 539 g/mol. The van der Waals surface area contributed by atoms with Gasteiger partial charge in [-0.05, 0) is 36.8 Å². The number of carbonyl (C=O) groups is 2. The van der Waals surface area contributed by atoms with Crippen LogP contribution in [-0.2, 0) is 4.79 Å². The topological polar surface area (TPSA) is 75.6 Å². The van der Waals surface area contributed by atoms with Crippen molar-refractivity contribution in [3.63, 3.8) is 0 Å². The molecule has 3 aromatic carbocycles. The van der Waals surface area contributed by atoms with E-state index in [9.17, 15) is 14.0 Å². The van der Waals surface area contributed by atoms with Crippen molar-refractivity contribution in [3.8, 4) is 16.9 Å². The fourth-order valence-corrected chi connectivity index (χ4v) is 4.36. The van der Waals surface area contributed by atoms with E-state index in [2.05, 4.69) is 11.9 Å². The highest BCUT2D eigenvalue weighted by molar-refractivity contribution is 6.40. The van der Waals surface area contributed by atoms with Crippen LogP contribution in [0.25, 0.3) is 17.2 Å². The molecule has 3 rings (SSSR count). The predicted octanol–water partition coefficient (Wildman–Crippen LogP) is 7.57. The van der Waals surface area contributed by atoms with Gasteiger partial charge in [-0.2, -0.15) is 0 Å². The van der Waals surface area contributed by atoms with Gasteiger partial charge < -0.3 is 15.2 Å². The minimum absolute atomic E-state index is 0.0853. The number of halogens is 5. The first-order valence-electron chi connectivity index (χ1n) is 9.90. The maximum absolute atomic E-state index is 13.3. The van der Waals surface area contributed by atoms with Crippen LogP contribution < -0.4 is 10.1 Å². The zero-order valence-corrected chi connectivity index (χ0v) is 21.6. The number of ether oxygens (including phenoxy) is 1. The molecule has 184 valence electrons. The van der Waals surface area contributed by atoms with Gasteiger partial charge in [-0.3, -0.25) is 9.59 Å². The third-order valence-corrected chi connectivity index (χ3v) is 5.91. The monoisotopic (exact) mass is 557 g/mol. The molecule has 0 fully saturated rings. The van der Waals surface area contributed by atoms with Crippen molar-refractivity contribution in [1.29, 1.82) is 0 Å². The number of aryl methyl sites for hydroxylation is 1. The molecule has 2 N–H and O–H groups in total. The van der Waals surface area contributed by atoms with Gasteiger partial charge >= 0.3 is 5.97 Å². The standard InChI is InChI=1S/C16H13Cl2FO.C9H7Cl2NO3/c1-4-11-9(2)5-6-12(16(11)20-3)15-13(17)7-10(19)8-14(15)18;10-5-2-1-3-6(11)8(5)9(15)12-4-7(13)14/h4-8H,1H2,2-3H3;1-3H,4H2,(H,12,15)(H,13,14). The van der Waals surface area contributed by atoms with Crippen LogP contribution in [-0.4, -0.2) is 30.6 Å². The number of hydrogen-bond acceptors (Lipinski definition) is 3. The molecule has 0 aliphatic rings. The Bertz CT molecular complexity index is 1240. The van der Waals surface area contributed by atoms with Crippen molar-refractivity contribution in [2.24, 2.45) is 0 Å². The lowest BCUT2D eigenvalue weighted by molar-refractivity contribution is -0.135. The van der Waals surface area contributed by atoms with Crippen LogP contribution in [0.2, 0.25) is 20.1 Å². The molecule has 3 aromatic rings. The van der Waals surface area contributed by atoms with E-state index < -0.39 is 24.2 Å². The molecule has 0 spiro atoms. The number of nitrogens with one attached hydrogen (secondary N) is 1. The molecule has 0 aliphatic carbocycles. The highest BCUT2D eigenvalue weighted by Crippen LogP contribution is 2.42. The number of hydrogen-bond donors (Lipinski definition) is 2. The predicted molar refractivity (Wildman–Crippen MR) is 140 cm³/mol. The summed E-state index contributed by atoms with van der Waals surface area (Å²) in [7, 11) is 1.57. The van der Waals surface area contributed by atoms with Crippen LogP contribution in [0.5, 0.6) is 5.75 Å². The van der Waals surface area contributed by atoms with Crippen LogP contribution in [0.1, 0.15) is 21.5 Å². The lowest BCUT2D eigenvalue weighted by Gasteiger charge is -2.16. The Hall–Kier alpha value is -2.77. The molecule has 0 aliphatic heterocycles. The third kappa shape index (κ3) is 7.12. The van der Waals surface area contributed by atoms with E-state index in [1.165, 1.54) is 24.3 Å². The number of methoxy groups -OCH3 is 1. The maximum atomic E-state index is 13.3. The van der Waals surface area contributed by atoms with Crippen molar-refractivity contribution in [2.45, 2.75) is 6.92 Å². The van der Waals surface area contributed by atoms with E-state index >= 15 is 0 Å². The van der Waals surface area contributed by atoms with Crippen molar-refractivity contribution >= 4 is 64.4 Å². The smallest absolute Gasteiger partial charge is 0.322 e. The van der Waals surface area contributed by atoms with Crippen molar-refractivity contribution in [3.05, 3.63) is 91.6 Å². The highest BCUT2D eigenvalue weighted by atomic mass is 35.5. The fourth-order valence-electron chi connectivity index (χ4n) is 3.13. The molecule has 10 heteroatoms. The SMILES string of the molecule is C=Cc1c(C)ccc(-c2c(Cl)cc(F)cc2Cl)c1OC.O=C(O)CNC(=O)c1c(Cl)cccc1Cl. The summed E-state index contributed by atoms with van der Waals surface area (Å²) in [5.41, 5.74) is 3.23. The fraction of sp³-hybridized carbons (Fsp3) is 0.120. The normalized spacial score (nSPS) is 10.1. The van der Waals surface area contributed by atoms with Gasteiger partial charge in [0, 0.05) is 16.7 Å². The summed E-state index contributed by atoms with van der Waals surface area (Å²) in [5.74, 6) is -1.59. The van der Waals surface area contributed by atoms with E-state index in [4.69, 9.17) is 56.2 Å². The second-order valence-corrected chi connectivity index (χ2v) is 8.63. The molecular formula is C25H20Cl4FNO4. The van der Waals surface area contributed by atoms with Gasteiger partial charge in [0.05, 0.1) is 32.8 Å². The Morgan fingerprint density at radius 3 is 2.11 bits per heavy atom. The molecule has 0 unspecified atom stereocenters. The number of carbonyl (C=O) groups excluding carboxylic acids is 1. The van der Waals surface area contributed by atoms with Crippen LogP contribution in [0, 0.1) is 12.7 Å². The summed E-state index contributed by atoms with van der Waals surface area (Å²) in [6, 6.07) is 10.8. The zero-order chi connectivity index (χ0) is 26.3. The van der Waals surface area contributed by atoms with Gasteiger partial charge in [0.15, 0.2) is 0 Å². The Labute approximate surface area is 222 Å². The second-order valence-electron chi connectivity index (χ2n) is 7.00. The van der Waals surface area contributed by atoms with Crippen LogP contribution in [0.15, 0.2) is 49.0 Å². The zero-order valence-electron chi connectivity index (χ0n) is 18.6. The number of rotatable bonds is 6. The molecule has 0 saturated heterocycles. The largest absolute Gasteiger partial charge is 0.495 e. The minimum Gasteiger partial charge on any atom is -0.495 e. The summed E-state index contributed by atoms with van der Waals surface area (Å²) in [6.07, 6.45) is 1.71. The number of aliphatic carboxylic acids is 1. The molecule has 5 nitrogen and oxygen atoms in total. The quantitative estimate of drug-likeness (QED) is 0.327. The van der Waals surface area contributed by atoms with E-state index in [0.29, 0.717) is 16.9 Å². The number of benzene rings is 3. The molecule has 0 heterocycles. The maximum Gasteiger partial charge on any atom is 0.322 e. The van der Waals surface area contributed by atoms with Gasteiger partial charge in [-0.25, -0.2) is 4.39 Å². The van der Waals surface area contributed by atoms with E-state index in [1.807, 2.05) is 19.1 Å². The summed E-state index contributed by atoms with van der Waals surface area (Å²) in [6.45, 7) is 5.27. The van der Waals surface area contributed by atoms with Crippen LogP contribution in [0.4, 0.5) is 4.39 Å². The molecule has 0 saturated carbocycles. The number of carboxylic acid groups (broad SMARTS) is 1. The summed E-state index contributed by atoms with van der Waals surface area (Å²) in [4.78, 5) is 21.7. The van der Waals surface area contributed by atoms with Gasteiger partial charge in [-0.1, -0.05) is 77.3 Å².